The van der Waals surface area contributed by atoms with Gasteiger partial charge in [0.15, 0.2) is 5.49 Å². The summed E-state index contributed by atoms with van der Waals surface area (Å²) in [6.07, 6.45) is 0. The van der Waals surface area contributed by atoms with Crippen molar-refractivity contribution >= 4 is 11.5 Å². The van der Waals surface area contributed by atoms with E-state index in [2.05, 4.69) is 4.37 Å². The first-order valence-corrected chi connectivity index (χ1v) is 2.94. The number of hydrogen-bond acceptors (Lipinski definition) is 3. The molecule has 3 nitrogen and oxygen atoms in total. The average molecular weight is 127 g/mol. The van der Waals surface area contributed by atoms with Crippen LogP contribution in [0.3, 0.4) is 0 Å². The summed E-state index contributed by atoms with van der Waals surface area (Å²) in [7, 11) is 0. The van der Waals surface area contributed by atoms with Crippen molar-refractivity contribution in [2.24, 2.45) is 0 Å². The monoisotopic (exact) mass is 127 g/mol. The van der Waals surface area contributed by atoms with E-state index in [1.807, 2.05) is 0 Å². The molecule has 0 aliphatic carbocycles. The minimum absolute atomic E-state index is 0.178. The highest BCUT2D eigenvalue weighted by Gasteiger charge is 1.75. The first-order chi connectivity index (χ1) is 3.80. The lowest BCUT2D eigenvalue weighted by atomic mass is 10.6. The summed E-state index contributed by atoms with van der Waals surface area (Å²) in [6.45, 7) is 0. The zero-order valence-electron chi connectivity index (χ0n) is 4.06. The Kier molecular flexibility index (Phi) is 1.26. The Hall–Kier alpha value is -0.900. The third-order valence-electron chi connectivity index (χ3n) is 0.733. The van der Waals surface area contributed by atoms with Gasteiger partial charge in [0, 0.05) is 5.38 Å². The Labute approximate surface area is 49.8 Å². The molecule has 1 aromatic rings. The highest BCUT2D eigenvalue weighted by atomic mass is 32.1. The number of nitrogens with one attached hydrogen (secondary N) is 3. The van der Waals surface area contributed by atoms with Crippen LogP contribution in [-0.4, -0.2) is 4.37 Å². The van der Waals surface area contributed by atoms with E-state index < -0.39 is 0 Å². The van der Waals surface area contributed by atoms with Gasteiger partial charge >= 0.3 is 0 Å². The van der Waals surface area contributed by atoms with E-state index in [-0.39, 0.29) is 10.8 Å². The summed E-state index contributed by atoms with van der Waals surface area (Å²) in [5.74, 6) is 0. The molecule has 0 saturated carbocycles. The molecule has 0 bridgehead atoms. The first kappa shape index (κ1) is 5.24. The molecular formula is C4H5N3S. The van der Waals surface area contributed by atoms with Gasteiger partial charge in [-0.2, -0.15) is 0 Å². The molecule has 4 heteroatoms. The van der Waals surface area contributed by atoms with Crippen molar-refractivity contribution in [2.75, 3.05) is 0 Å². The minimum Gasteiger partial charge on any atom is -0.297 e. The highest BCUT2D eigenvalue weighted by molar-refractivity contribution is 7.03. The minimum atomic E-state index is 0.178. The van der Waals surface area contributed by atoms with Crippen molar-refractivity contribution in [2.45, 2.75) is 0 Å². The maximum atomic E-state index is 7.01. The number of rotatable bonds is 0. The van der Waals surface area contributed by atoms with Crippen LogP contribution >= 0.6 is 11.5 Å². The van der Waals surface area contributed by atoms with E-state index in [0.717, 1.165) is 0 Å². The van der Waals surface area contributed by atoms with Crippen LogP contribution in [0, 0.1) is 10.8 Å². The molecule has 0 fully saturated rings. The zero-order valence-corrected chi connectivity index (χ0v) is 4.88. The smallest absolute Gasteiger partial charge is 0.157 e. The number of aromatic nitrogens is 1. The number of H-pyrrole nitrogens is 1. The molecule has 0 aliphatic rings. The van der Waals surface area contributed by atoms with Crippen molar-refractivity contribution < 1.29 is 0 Å². The number of hydrogen-bond donors (Lipinski definition) is 3. The van der Waals surface area contributed by atoms with Gasteiger partial charge in [0.25, 0.3) is 0 Å². The van der Waals surface area contributed by atoms with E-state index in [4.69, 9.17) is 10.8 Å². The Morgan fingerprint density at radius 2 is 2.25 bits per heavy atom. The summed E-state index contributed by atoms with van der Waals surface area (Å²) in [4.78, 5) is 0. The quantitative estimate of drug-likeness (QED) is 0.440. The summed E-state index contributed by atoms with van der Waals surface area (Å²) < 4.78 is 2.62. The topological polar surface area (TPSA) is 63.5 Å². The lowest BCUT2D eigenvalue weighted by molar-refractivity contribution is 1.07. The van der Waals surface area contributed by atoms with Crippen LogP contribution in [0.2, 0.25) is 0 Å². The molecule has 0 spiro atoms. The van der Waals surface area contributed by atoms with Gasteiger partial charge in [-0.25, -0.2) is 0 Å². The van der Waals surface area contributed by atoms with Crippen molar-refractivity contribution in [1.29, 1.82) is 10.8 Å². The molecule has 0 saturated heterocycles. The van der Waals surface area contributed by atoms with E-state index in [0.29, 0.717) is 0 Å². The van der Waals surface area contributed by atoms with E-state index in [1.165, 1.54) is 11.5 Å². The molecule has 0 atom stereocenters. The molecule has 0 radical (unpaired) electrons. The van der Waals surface area contributed by atoms with Gasteiger partial charge in [0.1, 0.15) is 0 Å². The SMILES string of the molecule is N=c1ccs[nH]c1=N. The summed E-state index contributed by atoms with van der Waals surface area (Å²) in [6, 6.07) is 1.59. The summed E-state index contributed by atoms with van der Waals surface area (Å²) >= 11 is 1.31. The van der Waals surface area contributed by atoms with Gasteiger partial charge in [-0.3, -0.25) is 15.2 Å². The maximum Gasteiger partial charge on any atom is 0.157 e. The average Bonchev–Trinajstić information content (AvgIpc) is 1.77. The summed E-state index contributed by atoms with van der Waals surface area (Å²) in [5, 5.41) is 16.0. The third-order valence-corrected chi connectivity index (χ3v) is 1.33. The first-order valence-electron chi connectivity index (χ1n) is 2.06. The van der Waals surface area contributed by atoms with Gasteiger partial charge in [0.05, 0.1) is 5.36 Å². The second-order valence-corrected chi connectivity index (χ2v) is 2.02. The Morgan fingerprint density at radius 3 is 2.62 bits per heavy atom. The van der Waals surface area contributed by atoms with Gasteiger partial charge in [0.2, 0.25) is 0 Å². The van der Waals surface area contributed by atoms with Crippen molar-refractivity contribution in [3.05, 3.63) is 22.3 Å². The van der Waals surface area contributed by atoms with Gasteiger partial charge < -0.3 is 0 Å². The number of aromatic amines is 1. The summed E-state index contributed by atoms with van der Waals surface area (Å²) in [5.41, 5.74) is 0.178. The van der Waals surface area contributed by atoms with Crippen LogP contribution in [0.25, 0.3) is 0 Å². The molecule has 0 amide bonds. The molecule has 0 aliphatic heterocycles. The molecular weight excluding hydrogens is 122 g/mol. The molecule has 1 rings (SSSR count). The molecule has 0 aromatic carbocycles. The van der Waals surface area contributed by atoms with Crippen LogP contribution < -0.4 is 10.8 Å². The maximum absolute atomic E-state index is 7.01. The predicted octanol–water partition coefficient (Wildman–Crippen LogP) is 0.0351. The molecule has 1 aromatic heterocycles. The lowest BCUT2D eigenvalue weighted by Gasteiger charge is -1.78. The Bertz CT molecular complexity index is 242. The van der Waals surface area contributed by atoms with Gasteiger partial charge in [-0.15, -0.1) is 0 Å². The lowest BCUT2D eigenvalue weighted by Crippen LogP contribution is -2.23. The van der Waals surface area contributed by atoms with Gasteiger partial charge in [-0.05, 0) is 6.07 Å². The molecule has 3 N–H and O–H groups in total. The fourth-order valence-corrected chi connectivity index (χ4v) is 0.833. The highest BCUT2D eigenvalue weighted by Crippen LogP contribution is 1.73. The molecule has 42 valence electrons. The van der Waals surface area contributed by atoms with Crippen LogP contribution in [0.15, 0.2) is 11.4 Å². The van der Waals surface area contributed by atoms with Crippen molar-refractivity contribution in [1.82, 2.24) is 4.37 Å². The zero-order chi connectivity index (χ0) is 5.98. The fraction of sp³-hybridized carbons (Fsp3) is 0. The second-order valence-electron chi connectivity index (χ2n) is 1.31. The molecule has 0 unspecified atom stereocenters. The second kappa shape index (κ2) is 1.92. The molecule has 1 heterocycles. The normalized spacial score (nSPS) is 9.00. The van der Waals surface area contributed by atoms with E-state index in [9.17, 15) is 0 Å². The van der Waals surface area contributed by atoms with E-state index >= 15 is 0 Å². The van der Waals surface area contributed by atoms with Crippen LogP contribution in [-0.2, 0) is 0 Å². The van der Waals surface area contributed by atoms with Crippen molar-refractivity contribution in [3.63, 3.8) is 0 Å². The Morgan fingerprint density at radius 1 is 1.50 bits per heavy atom. The predicted molar refractivity (Wildman–Crippen MR) is 30.4 cm³/mol. The largest absolute Gasteiger partial charge is 0.297 e. The van der Waals surface area contributed by atoms with Crippen LogP contribution in [0.1, 0.15) is 0 Å². The Balaban J connectivity index is 3.59. The standard InChI is InChI=1S/C4H5N3S/c5-3-1-2-8-7-4(3)6/h1-2,5H,(H2,6,7). The van der Waals surface area contributed by atoms with Crippen molar-refractivity contribution in [3.8, 4) is 0 Å². The van der Waals surface area contributed by atoms with Crippen LogP contribution in [0.5, 0.6) is 0 Å². The molecule has 8 heavy (non-hydrogen) atoms. The van der Waals surface area contributed by atoms with Crippen LogP contribution in [0.4, 0.5) is 0 Å². The third kappa shape index (κ3) is 0.840. The van der Waals surface area contributed by atoms with Gasteiger partial charge in [-0.1, -0.05) is 11.5 Å². The van der Waals surface area contributed by atoms with E-state index in [1.54, 1.807) is 11.4 Å². The fourth-order valence-electron chi connectivity index (χ4n) is 0.333.